The van der Waals surface area contributed by atoms with Crippen LogP contribution in [0.3, 0.4) is 0 Å². The lowest BCUT2D eigenvalue weighted by molar-refractivity contribution is -0.134. The molecule has 1 saturated heterocycles. The van der Waals surface area contributed by atoms with Crippen molar-refractivity contribution in [1.82, 2.24) is 4.90 Å². The second kappa shape index (κ2) is 8.45. The molecule has 0 radical (unpaired) electrons. The number of nitriles is 1. The fraction of sp³-hybridized carbons (Fsp3) is 0.333. The van der Waals surface area contributed by atoms with Crippen molar-refractivity contribution in [1.29, 1.82) is 5.26 Å². The zero-order chi connectivity index (χ0) is 19.2. The summed E-state index contributed by atoms with van der Waals surface area (Å²) in [6.07, 6.45) is 1.78. The van der Waals surface area contributed by atoms with Gasteiger partial charge in [0.05, 0.1) is 31.9 Å². The molecule has 6 nitrogen and oxygen atoms in total. The van der Waals surface area contributed by atoms with Gasteiger partial charge in [-0.3, -0.25) is 4.79 Å². The van der Waals surface area contributed by atoms with Gasteiger partial charge in [-0.05, 0) is 49.2 Å². The fourth-order valence-corrected chi connectivity index (χ4v) is 3.37. The summed E-state index contributed by atoms with van der Waals surface area (Å²) < 4.78 is 16.4. The smallest absolute Gasteiger partial charge is 0.261 e. The Hall–Kier alpha value is -3.20. The molecular formula is C21H22N2O4. The van der Waals surface area contributed by atoms with Gasteiger partial charge >= 0.3 is 0 Å². The van der Waals surface area contributed by atoms with E-state index in [4.69, 9.17) is 19.5 Å². The van der Waals surface area contributed by atoms with Crippen LogP contribution in [0.25, 0.3) is 0 Å². The van der Waals surface area contributed by atoms with Crippen LogP contribution in [0.4, 0.5) is 0 Å². The molecule has 0 bridgehead atoms. The highest BCUT2D eigenvalue weighted by Gasteiger charge is 2.32. The van der Waals surface area contributed by atoms with Gasteiger partial charge in [-0.2, -0.15) is 5.26 Å². The molecule has 1 amide bonds. The Labute approximate surface area is 158 Å². The van der Waals surface area contributed by atoms with Gasteiger partial charge in [0.15, 0.2) is 6.61 Å². The summed E-state index contributed by atoms with van der Waals surface area (Å²) in [5.41, 5.74) is 1.44. The summed E-state index contributed by atoms with van der Waals surface area (Å²) >= 11 is 0. The van der Waals surface area contributed by atoms with Gasteiger partial charge in [0.2, 0.25) is 0 Å². The minimum Gasteiger partial charge on any atom is -0.497 e. The number of carbonyl (C=O) groups excluding carboxylic acids is 1. The first kappa shape index (κ1) is 18.6. The molecule has 140 valence electrons. The maximum atomic E-state index is 12.8. The summed E-state index contributed by atoms with van der Waals surface area (Å²) in [6, 6.07) is 14.4. The van der Waals surface area contributed by atoms with E-state index in [2.05, 4.69) is 6.07 Å². The Bertz CT molecular complexity index is 860. The number of rotatable bonds is 6. The van der Waals surface area contributed by atoms with Crippen molar-refractivity contribution in [3.05, 3.63) is 53.6 Å². The minimum absolute atomic E-state index is 0.0718. The standard InChI is InChI=1S/C21H22N2O4/c1-25-16-8-9-20(26-2)18(12-16)19-7-4-10-23(19)21(24)14-27-17-6-3-5-15(11-17)13-22/h3,5-6,8-9,11-12,19H,4,7,10,14H2,1-2H3. The number of benzene rings is 2. The highest BCUT2D eigenvalue weighted by molar-refractivity contribution is 5.78. The third-order valence-corrected chi connectivity index (χ3v) is 4.69. The van der Waals surface area contributed by atoms with Gasteiger partial charge in [-0.1, -0.05) is 6.07 Å². The summed E-state index contributed by atoms with van der Waals surface area (Å²) in [6.45, 7) is 0.600. The SMILES string of the molecule is COc1ccc(OC)c(C2CCCN2C(=O)COc2cccc(C#N)c2)c1. The number of amides is 1. The number of ether oxygens (including phenoxy) is 3. The summed E-state index contributed by atoms with van der Waals surface area (Å²) in [4.78, 5) is 14.6. The number of methoxy groups -OCH3 is 2. The van der Waals surface area contributed by atoms with E-state index < -0.39 is 0 Å². The predicted octanol–water partition coefficient (Wildman–Crippen LogP) is 3.32. The number of likely N-dealkylation sites (tertiary alicyclic amines) is 1. The monoisotopic (exact) mass is 366 g/mol. The molecule has 0 N–H and O–H groups in total. The van der Waals surface area contributed by atoms with Crippen LogP contribution < -0.4 is 14.2 Å². The molecule has 1 atom stereocenters. The van der Waals surface area contributed by atoms with Crippen LogP contribution in [0, 0.1) is 11.3 Å². The third kappa shape index (κ3) is 4.14. The first-order valence-corrected chi connectivity index (χ1v) is 8.80. The normalized spacial score (nSPS) is 15.9. The van der Waals surface area contributed by atoms with Crippen molar-refractivity contribution in [3.63, 3.8) is 0 Å². The predicted molar refractivity (Wildman–Crippen MR) is 99.9 cm³/mol. The van der Waals surface area contributed by atoms with Gasteiger partial charge in [-0.25, -0.2) is 0 Å². The van der Waals surface area contributed by atoms with Crippen molar-refractivity contribution < 1.29 is 19.0 Å². The molecule has 0 saturated carbocycles. The molecular weight excluding hydrogens is 344 g/mol. The van der Waals surface area contributed by atoms with E-state index in [-0.39, 0.29) is 18.6 Å². The van der Waals surface area contributed by atoms with E-state index >= 15 is 0 Å². The number of hydrogen-bond donors (Lipinski definition) is 0. The molecule has 2 aromatic rings. The second-order valence-corrected chi connectivity index (χ2v) is 6.28. The maximum absolute atomic E-state index is 12.8. The van der Waals surface area contributed by atoms with Gasteiger partial charge in [-0.15, -0.1) is 0 Å². The Morgan fingerprint density at radius 3 is 2.78 bits per heavy atom. The van der Waals surface area contributed by atoms with Crippen LogP contribution in [-0.2, 0) is 4.79 Å². The third-order valence-electron chi connectivity index (χ3n) is 4.69. The Kier molecular flexibility index (Phi) is 5.82. The number of carbonyl (C=O) groups is 1. The number of nitrogens with zero attached hydrogens (tertiary/aromatic N) is 2. The van der Waals surface area contributed by atoms with Crippen molar-refractivity contribution in [3.8, 4) is 23.3 Å². The van der Waals surface area contributed by atoms with E-state index in [9.17, 15) is 4.79 Å². The fourth-order valence-electron chi connectivity index (χ4n) is 3.37. The first-order valence-electron chi connectivity index (χ1n) is 8.80. The average molecular weight is 366 g/mol. The summed E-state index contributed by atoms with van der Waals surface area (Å²) in [5.74, 6) is 1.89. The topological polar surface area (TPSA) is 71.8 Å². The number of hydrogen-bond acceptors (Lipinski definition) is 5. The lowest BCUT2D eigenvalue weighted by atomic mass is 10.0. The minimum atomic E-state index is -0.0928. The van der Waals surface area contributed by atoms with Crippen molar-refractivity contribution >= 4 is 5.91 Å². The van der Waals surface area contributed by atoms with Crippen molar-refractivity contribution in [2.75, 3.05) is 27.4 Å². The molecule has 6 heteroatoms. The van der Waals surface area contributed by atoms with E-state index in [0.717, 1.165) is 29.9 Å². The molecule has 1 heterocycles. The van der Waals surface area contributed by atoms with Crippen LogP contribution in [0.1, 0.15) is 30.0 Å². The van der Waals surface area contributed by atoms with Gasteiger partial charge in [0.1, 0.15) is 17.2 Å². The van der Waals surface area contributed by atoms with Crippen LogP contribution in [0.5, 0.6) is 17.2 Å². The lowest BCUT2D eigenvalue weighted by Crippen LogP contribution is -2.34. The Morgan fingerprint density at radius 2 is 2.04 bits per heavy atom. The lowest BCUT2D eigenvalue weighted by Gasteiger charge is -2.26. The summed E-state index contributed by atoms with van der Waals surface area (Å²) in [7, 11) is 3.24. The molecule has 0 aromatic heterocycles. The highest BCUT2D eigenvalue weighted by Crippen LogP contribution is 2.38. The van der Waals surface area contributed by atoms with Gasteiger partial charge in [0.25, 0.3) is 5.91 Å². The Morgan fingerprint density at radius 1 is 1.19 bits per heavy atom. The zero-order valence-corrected chi connectivity index (χ0v) is 15.5. The molecule has 1 fully saturated rings. The molecule has 0 spiro atoms. The average Bonchev–Trinajstić information content (AvgIpc) is 3.21. The van der Waals surface area contributed by atoms with Crippen LogP contribution in [0.15, 0.2) is 42.5 Å². The van der Waals surface area contributed by atoms with E-state index in [1.54, 1.807) is 38.5 Å². The van der Waals surface area contributed by atoms with E-state index in [0.29, 0.717) is 17.9 Å². The molecule has 1 aliphatic rings. The zero-order valence-electron chi connectivity index (χ0n) is 15.5. The molecule has 2 aromatic carbocycles. The van der Waals surface area contributed by atoms with Crippen molar-refractivity contribution in [2.24, 2.45) is 0 Å². The first-order chi connectivity index (χ1) is 13.2. The molecule has 1 unspecified atom stereocenters. The van der Waals surface area contributed by atoms with Crippen LogP contribution in [0.2, 0.25) is 0 Å². The van der Waals surface area contributed by atoms with Crippen LogP contribution in [-0.4, -0.2) is 38.2 Å². The molecule has 0 aliphatic carbocycles. The largest absolute Gasteiger partial charge is 0.497 e. The second-order valence-electron chi connectivity index (χ2n) is 6.28. The molecule has 1 aliphatic heterocycles. The molecule has 27 heavy (non-hydrogen) atoms. The maximum Gasteiger partial charge on any atom is 0.261 e. The highest BCUT2D eigenvalue weighted by atomic mass is 16.5. The molecule has 3 rings (SSSR count). The van der Waals surface area contributed by atoms with Gasteiger partial charge in [0, 0.05) is 12.1 Å². The van der Waals surface area contributed by atoms with E-state index in [1.165, 1.54) is 0 Å². The van der Waals surface area contributed by atoms with Crippen LogP contribution >= 0.6 is 0 Å². The summed E-state index contributed by atoms with van der Waals surface area (Å²) in [5, 5.41) is 8.96. The Balaban J connectivity index is 1.74. The van der Waals surface area contributed by atoms with E-state index in [1.807, 2.05) is 23.1 Å². The van der Waals surface area contributed by atoms with Crippen molar-refractivity contribution in [2.45, 2.75) is 18.9 Å². The van der Waals surface area contributed by atoms with Gasteiger partial charge < -0.3 is 19.1 Å². The quantitative estimate of drug-likeness (QED) is 0.784.